The number of aromatic nitrogens is 1. The van der Waals surface area contributed by atoms with Gasteiger partial charge in [0.1, 0.15) is 5.82 Å². The van der Waals surface area contributed by atoms with E-state index in [0.717, 1.165) is 17.5 Å². The van der Waals surface area contributed by atoms with E-state index in [-0.39, 0.29) is 17.9 Å². The van der Waals surface area contributed by atoms with Crippen molar-refractivity contribution >= 4 is 0 Å². The van der Waals surface area contributed by atoms with Crippen LogP contribution in [0.1, 0.15) is 43.5 Å². The third-order valence-corrected chi connectivity index (χ3v) is 3.32. The van der Waals surface area contributed by atoms with Gasteiger partial charge in [-0.2, -0.15) is 0 Å². The highest BCUT2D eigenvalue weighted by Gasteiger charge is 2.16. The summed E-state index contributed by atoms with van der Waals surface area (Å²) >= 11 is 0. The first-order valence-electron chi connectivity index (χ1n) is 6.62. The summed E-state index contributed by atoms with van der Waals surface area (Å²) in [5.41, 5.74) is 1.83. The molecular weight excluding hydrogens is 239 g/mol. The van der Waals surface area contributed by atoms with Gasteiger partial charge in [-0.3, -0.25) is 4.98 Å². The molecule has 0 radical (unpaired) electrons. The minimum atomic E-state index is -0.153. The largest absolute Gasteiger partial charge is 0.303 e. The molecule has 1 N–H and O–H groups in total. The molecule has 0 fully saturated rings. The normalized spacial score (nSPS) is 14.1. The molecule has 0 bridgehead atoms. The van der Waals surface area contributed by atoms with Gasteiger partial charge in [0.2, 0.25) is 0 Å². The summed E-state index contributed by atoms with van der Waals surface area (Å²) in [5.74, 6) is -0.153. The molecule has 1 aromatic carbocycles. The molecule has 0 aliphatic rings. The molecule has 100 valence electrons. The van der Waals surface area contributed by atoms with Gasteiger partial charge >= 0.3 is 0 Å². The van der Waals surface area contributed by atoms with Crippen molar-refractivity contribution < 1.29 is 4.39 Å². The molecule has 1 heterocycles. The lowest BCUT2D eigenvalue weighted by molar-refractivity contribution is 0.439. The van der Waals surface area contributed by atoms with Crippen molar-refractivity contribution in [1.29, 1.82) is 0 Å². The van der Waals surface area contributed by atoms with Crippen molar-refractivity contribution in [3.05, 3.63) is 65.7 Å². The van der Waals surface area contributed by atoms with Crippen molar-refractivity contribution in [3.63, 3.8) is 0 Å². The Morgan fingerprint density at radius 1 is 1.21 bits per heavy atom. The van der Waals surface area contributed by atoms with Gasteiger partial charge in [0, 0.05) is 30.0 Å². The van der Waals surface area contributed by atoms with Crippen LogP contribution in [0, 0.1) is 5.82 Å². The number of nitrogens with zero attached hydrogens (tertiary/aromatic N) is 1. The van der Waals surface area contributed by atoms with Crippen LogP contribution in [0.2, 0.25) is 0 Å². The Bertz CT molecular complexity index is 513. The SMILES string of the molecule is CCC(N[C@H](C)c1cccnc1)c1ccccc1F. The fourth-order valence-electron chi connectivity index (χ4n) is 2.22. The highest BCUT2D eigenvalue weighted by molar-refractivity contribution is 5.22. The summed E-state index contributed by atoms with van der Waals surface area (Å²) in [6.45, 7) is 4.13. The van der Waals surface area contributed by atoms with E-state index in [0.29, 0.717) is 0 Å². The van der Waals surface area contributed by atoms with Gasteiger partial charge in [-0.05, 0) is 31.0 Å². The number of pyridine rings is 1. The van der Waals surface area contributed by atoms with E-state index in [9.17, 15) is 4.39 Å². The molecule has 0 saturated carbocycles. The molecule has 2 aromatic rings. The Morgan fingerprint density at radius 2 is 2.00 bits per heavy atom. The standard InChI is InChI=1S/C16H19FN2/c1-3-16(14-8-4-5-9-15(14)17)19-12(2)13-7-6-10-18-11-13/h4-12,16,19H,3H2,1-2H3/t12-,16?/m1/s1. The van der Waals surface area contributed by atoms with Crippen LogP contribution in [0.4, 0.5) is 4.39 Å². The maximum atomic E-state index is 13.8. The van der Waals surface area contributed by atoms with E-state index >= 15 is 0 Å². The zero-order valence-corrected chi connectivity index (χ0v) is 11.3. The molecule has 2 rings (SSSR count). The van der Waals surface area contributed by atoms with Gasteiger partial charge in [0.05, 0.1) is 0 Å². The Labute approximate surface area is 113 Å². The topological polar surface area (TPSA) is 24.9 Å². The number of rotatable bonds is 5. The first kappa shape index (κ1) is 13.7. The Kier molecular flexibility index (Phi) is 4.63. The second-order valence-electron chi connectivity index (χ2n) is 4.66. The second-order valence-corrected chi connectivity index (χ2v) is 4.66. The van der Waals surface area contributed by atoms with E-state index in [1.165, 1.54) is 6.07 Å². The number of nitrogens with one attached hydrogen (secondary N) is 1. The summed E-state index contributed by atoms with van der Waals surface area (Å²) in [5, 5.41) is 3.46. The third-order valence-electron chi connectivity index (χ3n) is 3.32. The lowest BCUT2D eigenvalue weighted by Gasteiger charge is -2.23. The summed E-state index contributed by atoms with van der Waals surface area (Å²) in [7, 11) is 0. The average molecular weight is 258 g/mol. The maximum Gasteiger partial charge on any atom is 0.127 e. The lowest BCUT2D eigenvalue weighted by Crippen LogP contribution is -2.25. The minimum Gasteiger partial charge on any atom is -0.303 e. The predicted octanol–water partition coefficient (Wildman–Crippen LogP) is 4.02. The van der Waals surface area contributed by atoms with E-state index < -0.39 is 0 Å². The summed E-state index contributed by atoms with van der Waals surface area (Å²) in [6.07, 6.45) is 4.43. The minimum absolute atomic E-state index is 0.0106. The molecular formula is C16H19FN2. The van der Waals surface area contributed by atoms with E-state index in [2.05, 4.69) is 24.1 Å². The molecule has 19 heavy (non-hydrogen) atoms. The highest BCUT2D eigenvalue weighted by atomic mass is 19.1. The molecule has 2 atom stereocenters. The smallest absolute Gasteiger partial charge is 0.127 e. The van der Waals surface area contributed by atoms with Gasteiger partial charge in [-0.15, -0.1) is 0 Å². The Hall–Kier alpha value is -1.74. The molecule has 0 aliphatic heterocycles. The van der Waals surface area contributed by atoms with Crippen LogP contribution >= 0.6 is 0 Å². The van der Waals surface area contributed by atoms with Crippen LogP contribution in [-0.2, 0) is 0 Å². The van der Waals surface area contributed by atoms with Crippen molar-refractivity contribution in [2.24, 2.45) is 0 Å². The molecule has 3 heteroatoms. The van der Waals surface area contributed by atoms with E-state index in [1.54, 1.807) is 12.3 Å². The monoisotopic (exact) mass is 258 g/mol. The number of hydrogen-bond donors (Lipinski definition) is 1. The van der Waals surface area contributed by atoms with Crippen molar-refractivity contribution in [3.8, 4) is 0 Å². The molecule has 0 amide bonds. The quantitative estimate of drug-likeness (QED) is 0.876. The molecule has 1 unspecified atom stereocenters. The number of benzene rings is 1. The third kappa shape index (κ3) is 3.38. The van der Waals surface area contributed by atoms with Crippen LogP contribution in [-0.4, -0.2) is 4.98 Å². The average Bonchev–Trinajstić information content (AvgIpc) is 2.46. The van der Waals surface area contributed by atoms with Crippen molar-refractivity contribution in [2.45, 2.75) is 32.4 Å². The zero-order chi connectivity index (χ0) is 13.7. The summed E-state index contributed by atoms with van der Waals surface area (Å²) < 4.78 is 13.8. The molecule has 0 saturated heterocycles. The van der Waals surface area contributed by atoms with Gasteiger partial charge in [0.15, 0.2) is 0 Å². The fourth-order valence-corrected chi connectivity index (χ4v) is 2.22. The van der Waals surface area contributed by atoms with Gasteiger partial charge in [0.25, 0.3) is 0 Å². The maximum absolute atomic E-state index is 13.8. The molecule has 0 spiro atoms. The number of hydrogen-bond acceptors (Lipinski definition) is 2. The van der Waals surface area contributed by atoms with Gasteiger partial charge < -0.3 is 5.32 Å². The zero-order valence-electron chi connectivity index (χ0n) is 11.3. The van der Waals surface area contributed by atoms with Gasteiger partial charge in [-0.25, -0.2) is 4.39 Å². The summed E-state index contributed by atoms with van der Waals surface area (Å²) in [6, 6.07) is 11.0. The van der Waals surface area contributed by atoms with Gasteiger partial charge in [-0.1, -0.05) is 31.2 Å². The number of halogens is 1. The fraction of sp³-hybridized carbons (Fsp3) is 0.312. The molecule has 1 aromatic heterocycles. The molecule has 2 nitrogen and oxygen atoms in total. The Balaban J connectivity index is 2.14. The second kappa shape index (κ2) is 6.43. The Morgan fingerprint density at radius 3 is 2.63 bits per heavy atom. The first-order valence-corrected chi connectivity index (χ1v) is 6.62. The lowest BCUT2D eigenvalue weighted by atomic mass is 10.0. The van der Waals surface area contributed by atoms with Crippen LogP contribution < -0.4 is 5.32 Å². The van der Waals surface area contributed by atoms with Crippen molar-refractivity contribution in [1.82, 2.24) is 10.3 Å². The first-order chi connectivity index (χ1) is 9.22. The highest BCUT2D eigenvalue weighted by Crippen LogP contribution is 2.23. The van der Waals surface area contributed by atoms with Crippen LogP contribution in [0.15, 0.2) is 48.8 Å². The van der Waals surface area contributed by atoms with E-state index in [4.69, 9.17) is 0 Å². The van der Waals surface area contributed by atoms with E-state index in [1.807, 2.05) is 30.5 Å². The van der Waals surface area contributed by atoms with Crippen molar-refractivity contribution in [2.75, 3.05) is 0 Å². The van der Waals surface area contributed by atoms with Crippen LogP contribution in [0.5, 0.6) is 0 Å². The summed E-state index contributed by atoms with van der Waals surface area (Å²) in [4.78, 5) is 4.12. The van der Waals surface area contributed by atoms with Crippen LogP contribution in [0.3, 0.4) is 0 Å². The predicted molar refractivity (Wildman–Crippen MR) is 75.2 cm³/mol. The van der Waals surface area contributed by atoms with Crippen LogP contribution in [0.25, 0.3) is 0 Å². The molecule has 0 aliphatic carbocycles.